The fourth-order valence-corrected chi connectivity index (χ4v) is 2.98. The van der Waals surface area contributed by atoms with E-state index >= 15 is 0 Å². The normalized spacial score (nSPS) is 24.9. The number of amides is 1. The van der Waals surface area contributed by atoms with Gasteiger partial charge in [-0.2, -0.15) is 0 Å². The highest BCUT2D eigenvalue weighted by Crippen LogP contribution is 2.12. The van der Waals surface area contributed by atoms with Crippen LogP contribution in [0.3, 0.4) is 0 Å². The van der Waals surface area contributed by atoms with Gasteiger partial charge >= 0.3 is 0 Å². The summed E-state index contributed by atoms with van der Waals surface area (Å²) in [5.41, 5.74) is 0. The van der Waals surface area contributed by atoms with Gasteiger partial charge in [0.1, 0.15) is 0 Å². The number of hydrogen-bond donors (Lipinski definition) is 1. The topological polar surface area (TPSA) is 62.2 Å². The number of hydrogen-bond acceptors (Lipinski definition) is 5. The molecule has 0 saturated carbocycles. The summed E-state index contributed by atoms with van der Waals surface area (Å²) in [4.78, 5) is 16.0. The molecule has 2 aliphatic heterocycles. The van der Waals surface area contributed by atoms with Crippen LogP contribution >= 0.6 is 0 Å². The molecule has 2 rings (SSSR count). The zero-order chi connectivity index (χ0) is 15.9. The Morgan fingerprint density at radius 3 is 2.64 bits per heavy atom. The molecule has 2 fully saturated rings. The van der Waals surface area contributed by atoms with Gasteiger partial charge in [0, 0.05) is 45.2 Å². The van der Waals surface area contributed by atoms with Gasteiger partial charge in [-0.3, -0.25) is 9.69 Å². The van der Waals surface area contributed by atoms with Crippen molar-refractivity contribution in [2.45, 2.75) is 38.9 Å². The van der Waals surface area contributed by atoms with Crippen LogP contribution in [0, 0.1) is 5.92 Å². The number of piperazine rings is 1. The molecule has 2 heterocycles. The zero-order valence-corrected chi connectivity index (χ0v) is 13.9. The molecule has 0 aromatic rings. The van der Waals surface area contributed by atoms with Gasteiger partial charge in [0.15, 0.2) is 0 Å². The number of β-amino-alcohol motifs (C(OH)–C–C–N with tert-alkyl or cyclic N) is 1. The first-order valence-corrected chi connectivity index (χ1v) is 8.45. The molecular weight excluding hydrogens is 284 g/mol. The van der Waals surface area contributed by atoms with Gasteiger partial charge in [-0.05, 0) is 12.8 Å². The minimum Gasteiger partial charge on any atom is -0.389 e. The van der Waals surface area contributed by atoms with Crippen LogP contribution < -0.4 is 0 Å². The van der Waals surface area contributed by atoms with Crippen molar-refractivity contribution < 1.29 is 19.4 Å². The van der Waals surface area contributed by atoms with Crippen molar-refractivity contribution in [2.75, 3.05) is 52.5 Å². The summed E-state index contributed by atoms with van der Waals surface area (Å²) < 4.78 is 11.0. The quantitative estimate of drug-likeness (QED) is 0.734. The summed E-state index contributed by atoms with van der Waals surface area (Å²) in [6.45, 7) is 9.38. The first-order chi connectivity index (χ1) is 10.6. The Labute approximate surface area is 133 Å². The maximum Gasteiger partial charge on any atom is 0.225 e. The number of rotatable bonds is 7. The second kappa shape index (κ2) is 8.82. The minimum atomic E-state index is -0.478. The molecule has 1 N–H and O–H groups in total. The van der Waals surface area contributed by atoms with Crippen LogP contribution in [0.1, 0.15) is 26.7 Å². The van der Waals surface area contributed by atoms with Gasteiger partial charge in [0.25, 0.3) is 0 Å². The number of aliphatic hydroxyl groups is 1. The Bertz CT molecular complexity index is 337. The highest BCUT2D eigenvalue weighted by atomic mass is 16.5. The van der Waals surface area contributed by atoms with E-state index in [1.54, 1.807) is 0 Å². The molecule has 0 radical (unpaired) electrons. The van der Waals surface area contributed by atoms with E-state index in [0.717, 1.165) is 45.6 Å². The molecule has 0 aromatic heterocycles. The van der Waals surface area contributed by atoms with E-state index in [1.165, 1.54) is 0 Å². The monoisotopic (exact) mass is 314 g/mol. The predicted molar refractivity (Wildman–Crippen MR) is 83.7 cm³/mol. The first-order valence-electron chi connectivity index (χ1n) is 8.45. The van der Waals surface area contributed by atoms with Crippen LogP contribution in [0.15, 0.2) is 0 Å². The van der Waals surface area contributed by atoms with E-state index in [1.807, 2.05) is 18.7 Å². The second-order valence-electron chi connectivity index (χ2n) is 6.61. The van der Waals surface area contributed by atoms with E-state index in [-0.39, 0.29) is 17.9 Å². The standard InChI is InChI=1S/C16H30N2O4/c1-13(2)16(20)18-7-5-17(6-8-18)10-14(19)11-21-12-15-4-3-9-22-15/h13-15,19H,3-12H2,1-2H3. The molecule has 2 aliphatic rings. The van der Waals surface area contributed by atoms with Crippen LogP contribution in [0.2, 0.25) is 0 Å². The lowest BCUT2D eigenvalue weighted by molar-refractivity contribution is -0.136. The fraction of sp³-hybridized carbons (Fsp3) is 0.938. The number of nitrogens with zero attached hydrogens (tertiary/aromatic N) is 2. The average molecular weight is 314 g/mol. The molecule has 0 aliphatic carbocycles. The van der Waals surface area contributed by atoms with Crippen LogP contribution in [0.5, 0.6) is 0 Å². The lowest BCUT2D eigenvalue weighted by Crippen LogP contribution is -2.51. The SMILES string of the molecule is CC(C)C(=O)N1CCN(CC(O)COCC2CCCO2)CC1. The van der Waals surface area contributed by atoms with Gasteiger partial charge < -0.3 is 19.5 Å². The van der Waals surface area contributed by atoms with Crippen molar-refractivity contribution >= 4 is 5.91 Å². The summed E-state index contributed by atoms with van der Waals surface area (Å²) in [5, 5.41) is 10.1. The van der Waals surface area contributed by atoms with Crippen LogP contribution in [0.25, 0.3) is 0 Å². The summed E-state index contributed by atoms with van der Waals surface area (Å²) >= 11 is 0. The summed E-state index contributed by atoms with van der Waals surface area (Å²) in [5.74, 6) is 0.281. The molecule has 6 heteroatoms. The molecule has 6 nitrogen and oxygen atoms in total. The lowest BCUT2D eigenvalue weighted by Gasteiger charge is -2.36. The highest BCUT2D eigenvalue weighted by molar-refractivity contribution is 5.78. The summed E-state index contributed by atoms with van der Waals surface area (Å²) in [6, 6.07) is 0. The third-order valence-electron chi connectivity index (χ3n) is 4.28. The zero-order valence-electron chi connectivity index (χ0n) is 13.9. The molecule has 0 spiro atoms. The maximum atomic E-state index is 11.9. The molecule has 22 heavy (non-hydrogen) atoms. The molecule has 0 bridgehead atoms. The van der Waals surface area contributed by atoms with E-state index in [4.69, 9.17) is 9.47 Å². The summed E-state index contributed by atoms with van der Waals surface area (Å²) in [6.07, 6.45) is 1.89. The number of carbonyl (C=O) groups is 1. The van der Waals surface area contributed by atoms with Gasteiger partial charge in [0.2, 0.25) is 5.91 Å². The van der Waals surface area contributed by atoms with Crippen molar-refractivity contribution in [3.8, 4) is 0 Å². The third-order valence-corrected chi connectivity index (χ3v) is 4.28. The van der Waals surface area contributed by atoms with E-state index in [2.05, 4.69) is 4.90 Å². The van der Waals surface area contributed by atoms with Gasteiger partial charge in [-0.15, -0.1) is 0 Å². The van der Waals surface area contributed by atoms with Gasteiger partial charge in [-0.25, -0.2) is 0 Å². The van der Waals surface area contributed by atoms with Crippen LogP contribution in [-0.4, -0.2) is 85.6 Å². The molecule has 2 unspecified atom stereocenters. The van der Waals surface area contributed by atoms with Crippen molar-refractivity contribution in [2.24, 2.45) is 5.92 Å². The summed E-state index contributed by atoms with van der Waals surface area (Å²) in [7, 11) is 0. The van der Waals surface area contributed by atoms with Gasteiger partial charge in [-0.1, -0.05) is 13.8 Å². The highest BCUT2D eigenvalue weighted by Gasteiger charge is 2.24. The van der Waals surface area contributed by atoms with Crippen molar-refractivity contribution in [3.05, 3.63) is 0 Å². The maximum absolute atomic E-state index is 11.9. The van der Waals surface area contributed by atoms with E-state index in [9.17, 15) is 9.90 Å². The van der Waals surface area contributed by atoms with Crippen LogP contribution in [-0.2, 0) is 14.3 Å². The Morgan fingerprint density at radius 1 is 1.32 bits per heavy atom. The molecule has 0 aromatic carbocycles. The number of carbonyl (C=O) groups excluding carboxylic acids is 1. The molecule has 2 saturated heterocycles. The first kappa shape index (κ1) is 17.7. The Balaban J connectivity index is 1.57. The largest absolute Gasteiger partial charge is 0.389 e. The van der Waals surface area contributed by atoms with E-state index < -0.39 is 6.10 Å². The Kier molecular flexibility index (Phi) is 7.08. The predicted octanol–water partition coefficient (Wildman–Crippen LogP) is 0.343. The van der Waals surface area contributed by atoms with Crippen LogP contribution in [0.4, 0.5) is 0 Å². The minimum absolute atomic E-state index is 0.0587. The molecule has 1 amide bonds. The van der Waals surface area contributed by atoms with Crippen molar-refractivity contribution in [1.29, 1.82) is 0 Å². The third kappa shape index (κ3) is 5.50. The molecule has 128 valence electrons. The van der Waals surface area contributed by atoms with Crippen molar-refractivity contribution in [3.63, 3.8) is 0 Å². The average Bonchev–Trinajstić information content (AvgIpc) is 3.00. The molecule has 2 atom stereocenters. The number of aliphatic hydroxyl groups excluding tert-OH is 1. The smallest absolute Gasteiger partial charge is 0.225 e. The Hall–Kier alpha value is -0.690. The molecular formula is C16H30N2O4. The lowest BCUT2D eigenvalue weighted by atomic mass is 10.1. The fourth-order valence-electron chi connectivity index (χ4n) is 2.98. The van der Waals surface area contributed by atoms with E-state index in [0.29, 0.717) is 19.8 Å². The van der Waals surface area contributed by atoms with Gasteiger partial charge in [0.05, 0.1) is 25.4 Å². The number of ether oxygens (including phenoxy) is 2. The Morgan fingerprint density at radius 2 is 2.05 bits per heavy atom. The van der Waals surface area contributed by atoms with Crippen molar-refractivity contribution in [1.82, 2.24) is 9.80 Å². The second-order valence-corrected chi connectivity index (χ2v) is 6.61.